The van der Waals surface area contributed by atoms with Gasteiger partial charge in [0, 0.05) is 27.9 Å². The molecular weight excluding hydrogens is 476 g/mol. The Hall–Kier alpha value is -2.98. The van der Waals surface area contributed by atoms with Crippen molar-refractivity contribution in [1.29, 1.82) is 0 Å². The van der Waals surface area contributed by atoms with Crippen molar-refractivity contribution < 1.29 is 13.9 Å². The zero-order valence-corrected chi connectivity index (χ0v) is 19.0. The van der Waals surface area contributed by atoms with Crippen molar-refractivity contribution in [2.45, 2.75) is 13.0 Å². The highest BCUT2D eigenvalue weighted by Crippen LogP contribution is 2.36. The summed E-state index contributed by atoms with van der Waals surface area (Å²) in [5, 5.41) is 1.91. The second-order valence-electron chi connectivity index (χ2n) is 6.63. The molecule has 1 amide bonds. The van der Waals surface area contributed by atoms with Crippen LogP contribution in [0.25, 0.3) is 11.1 Å². The fourth-order valence-corrected chi connectivity index (χ4v) is 3.62. The Labute approximate surface area is 199 Å². The fraction of sp³-hybridized carbons (Fsp3) is 0.130. The van der Waals surface area contributed by atoms with E-state index < -0.39 is 17.3 Å². The predicted octanol–water partition coefficient (Wildman–Crippen LogP) is 6.22. The number of nitrogens with zero attached hydrogens (tertiary/aromatic N) is 1. The van der Waals surface area contributed by atoms with E-state index >= 15 is 0 Å². The molecule has 0 aliphatic heterocycles. The van der Waals surface area contributed by atoms with Crippen LogP contribution in [0.1, 0.15) is 24.2 Å². The third-order valence-electron chi connectivity index (χ3n) is 4.44. The number of rotatable bonds is 5. The molecule has 0 radical (unpaired) electrons. The fourth-order valence-electron chi connectivity index (χ4n) is 2.88. The summed E-state index contributed by atoms with van der Waals surface area (Å²) in [5.41, 5.74) is 8.68. The number of hydrogen-bond donors (Lipinski definition) is 2. The van der Waals surface area contributed by atoms with Gasteiger partial charge in [0.2, 0.25) is 0 Å². The summed E-state index contributed by atoms with van der Waals surface area (Å²) in [6.45, 7) is 1.85. The Morgan fingerprint density at radius 3 is 2.62 bits per heavy atom. The van der Waals surface area contributed by atoms with Crippen molar-refractivity contribution in [2.24, 2.45) is 0 Å². The largest absolute Gasteiger partial charge is 0.482 e. The second kappa shape index (κ2) is 10.6. The van der Waals surface area contributed by atoms with Crippen LogP contribution in [0.2, 0.25) is 10.0 Å². The number of pyridine rings is 1. The van der Waals surface area contributed by atoms with Crippen molar-refractivity contribution >= 4 is 46.0 Å². The van der Waals surface area contributed by atoms with E-state index in [9.17, 15) is 9.18 Å². The van der Waals surface area contributed by atoms with Gasteiger partial charge < -0.3 is 15.8 Å². The Balaban J connectivity index is 1.80. The van der Waals surface area contributed by atoms with Crippen molar-refractivity contribution in [3.63, 3.8) is 0 Å². The number of carbonyl (C=O) groups excluding carboxylic acids is 1. The number of benzene rings is 2. The lowest BCUT2D eigenvalue weighted by molar-refractivity contribution is 0.227. The number of aromatic nitrogens is 1. The smallest absolute Gasteiger partial charge is 0.314 e. The minimum absolute atomic E-state index is 0.102. The molecule has 1 heterocycles. The Kier molecular flexibility index (Phi) is 7.81. The lowest BCUT2D eigenvalue weighted by atomic mass is 10.1. The first-order valence-electron chi connectivity index (χ1n) is 9.34. The van der Waals surface area contributed by atoms with Crippen molar-refractivity contribution in [3.8, 4) is 28.7 Å². The normalized spacial score (nSPS) is 11.3. The molecule has 164 valence electrons. The zero-order valence-electron chi connectivity index (χ0n) is 16.8. The Bertz CT molecular complexity index is 1210. The van der Waals surface area contributed by atoms with E-state index in [2.05, 4.69) is 22.1 Å². The first-order chi connectivity index (χ1) is 15.3. The van der Waals surface area contributed by atoms with Gasteiger partial charge in [0.1, 0.15) is 11.9 Å². The lowest BCUT2D eigenvalue weighted by Gasteiger charge is -2.19. The number of halogens is 4. The second-order valence-corrected chi connectivity index (χ2v) is 7.76. The molecule has 0 saturated carbocycles. The quantitative estimate of drug-likeness (QED) is 0.192. The number of anilines is 1. The lowest BCUT2D eigenvalue weighted by Crippen LogP contribution is -2.15. The highest BCUT2D eigenvalue weighted by atomic mass is 35.5. The van der Waals surface area contributed by atoms with Crippen molar-refractivity contribution in [2.75, 3.05) is 12.3 Å². The summed E-state index contributed by atoms with van der Waals surface area (Å²) < 4.78 is 19.8. The maximum absolute atomic E-state index is 13.9. The van der Waals surface area contributed by atoms with E-state index in [0.717, 1.165) is 16.7 Å². The van der Waals surface area contributed by atoms with Gasteiger partial charge in [-0.05, 0) is 54.4 Å². The number of amides is 1. The molecule has 0 bridgehead atoms. The molecule has 0 fully saturated rings. The highest BCUT2D eigenvalue weighted by Gasteiger charge is 2.20. The van der Waals surface area contributed by atoms with Gasteiger partial charge in [0.05, 0.1) is 11.6 Å². The summed E-state index contributed by atoms with van der Waals surface area (Å²) >= 11 is 17.5. The first-order valence-corrected chi connectivity index (χ1v) is 10.5. The molecule has 1 aromatic heterocycles. The molecule has 0 aliphatic carbocycles. The van der Waals surface area contributed by atoms with Gasteiger partial charge >= 0.3 is 5.37 Å². The maximum Gasteiger partial charge on any atom is 0.314 e. The molecule has 0 aliphatic rings. The monoisotopic (exact) mass is 491 g/mol. The van der Waals surface area contributed by atoms with Gasteiger partial charge in [-0.2, -0.15) is 0 Å². The standard InChI is InChI=1S/C23H17Cl3FN3O2/c1-13(20-17(24)8-9-18(27)21(20)25)32-19-11-16(12-30-22(19)28)15-6-4-14(5-7-15)3-2-10-29-23(26)31/h4-9,11-13H,10H2,1H3,(H2,28,30)(H,29,31). The van der Waals surface area contributed by atoms with Gasteiger partial charge in [0.25, 0.3) is 0 Å². The molecular formula is C23H17Cl3FN3O2. The van der Waals surface area contributed by atoms with Crippen LogP contribution in [-0.4, -0.2) is 16.9 Å². The summed E-state index contributed by atoms with van der Waals surface area (Å²) in [6, 6.07) is 11.7. The van der Waals surface area contributed by atoms with Gasteiger partial charge in [-0.1, -0.05) is 47.2 Å². The van der Waals surface area contributed by atoms with Crippen molar-refractivity contribution in [3.05, 3.63) is 75.7 Å². The molecule has 5 nitrogen and oxygen atoms in total. The molecule has 32 heavy (non-hydrogen) atoms. The van der Waals surface area contributed by atoms with Crippen LogP contribution in [0.15, 0.2) is 48.7 Å². The van der Waals surface area contributed by atoms with Crippen LogP contribution >= 0.6 is 34.8 Å². The minimum Gasteiger partial charge on any atom is -0.482 e. The Morgan fingerprint density at radius 2 is 1.94 bits per heavy atom. The van der Waals surface area contributed by atoms with E-state index in [0.29, 0.717) is 11.3 Å². The Morgan fingerprint density at radius 1 is 1.22 bits per heavy atom. The van der Waals surface area contributed by atoms with Crippen LogP contribution < -0.4 is 15.8 Å². The van der Waals surface area contributed by atoms with Crippen LogP contribution in [0.5, 0.6) is 5.75 Å². The van der Waals surface area contributed by atoms with Crippen LogP contribution in [-0.2, 0) is 0 Å². The number of carbonyl (C=O) groups is 1. The van der Waals surface area contributed by atoms with Crippen LogP contribution in [0, 0.1) is 17.7 Å². The number of nitrogen functional groups attached to an aromatic ring is 1. The van der Waals surface area contributed by atoms with Gasteiger partial charge in [0.15, 0.2) is 11.6 Å². The molecule has 0 saturated heterocycles. The third-order valence-corrected chi connectivity index (χ3v) is 5.29. The van der Waals surface area contributed by atoms with Gasteiger partial charge in [-0.15, -0.1) is 0 Å². The molecule has 1 unspecified atom stereocenters. The summed E-state index contributed by atoms with van der Waals surface area (Å²) in [6.07, 6.45) is 0.947. The van der Waals surface area contributed by atoms with Crippen LogP contribution in [0.3, 0.4) is 0 Å². The third kappa shape index (κ3) is 5.83. The molecule has 2 aromatic carbocycles. The molecule has 0 spiro atoms. The molecule has 1 atom stereocenters. The number of nitrogens with one attached hydrogen (secondary N) is 1. The molecule has 3 rings (SSSR count). The van der Waals surface area contributed by atoms with E-state index in [-0.39, 0.29) is 22.4 Å². The average Bonchev–Trinajstić information content (AvgIpc) is 2.76. The van der Waals surface area contributed by atoms with E-state index in [1.165, 1.54) is 12.1 Å². The van der Waals surface area contributed by atoms with E-state index in [1.54, 1.807) is 19.2 Å². The minimum atomic E-state index is -0.670. The van der Waals surface area contributed by atoms with E-state index in [4.69, 9.17) is 45.3 Å². The van der Waals surface area contributed by atoms with Gasteiger partial charge in [-0.25, -0.2) is 9.37 Å². The first kappa shape index (κ1) is 23.7. The SMILES string of the molecule is CC(Oc1cc(-c2ccc(C#CCNC(=O)Cl)cc2)cnc1N)c1c(Cl)ccc(F)c1Cl. The number of nitrogens with two attached hydrogens (primary N) is 1. The van der Waals surface area contributed by atoms with Crippen molar-refractivity contribution in [1.82, 2.24) is 10.3 Å². The number of ether oxygens (including phenoxy) is 1. The average molecular weight is 493 g/mol. The summed E-state index contributed by atoms with van der Waals surface area (Å²) in [5.74, 6) is 5.61. The summed E-state index contributed by atoms with van der Waals surface area (Å²) in [7, 11) is 0. The van der Waals surface area contributed by atoms with Crippen LogP contribution in [0.4, 0.5) is 15.0 Å². The summed E-state index contributed by atoms with van der Waals surface area (Å²) in [4.78, 5) is 14.8. The highest BCUT2D eigenvalue weighted by molar-refractivity contribution is 6.62. The topological polar surface area (TPSA) is 77.2 Å². The van der Waals surface area contributed by atoms with Gasteiger partial charge in [-0.3, -0.25) is 4.79 Å². The molecule has 3 aromatic rings. The zero-order chi connectivity index (χ0) is 23.3. The number of hydrogen-bond acceptors (Lipinski definition) is 4. The van der Waals surface area contributed by atoms with E-state index in [1.807, 2.05) is 24.3 Å². The molecule has 3 N–H and O–H groups in total. The molecule has 9 heteroatoms. The predicted molar refractivity (Wildman–Crippen MR) is 126 cm³/mol. The maximum atomic E-state index is 13.9.